The molecular formula is C15H13BrN2O2. The van der Waals surface area contributed by atoms with Gasteiger partial charge in [0, 0.05) is 29.0 Å². The summed E-state index contributed by atoms with van der Waals surface area (Å²) >= 11 is 3.50. The number of para-hydroxylation sites is 1. The highest BCUT2D eigenvalue weighted by molar-refractivity contribution is 9.10. The van der Waals surface area contributed by atoms with Crippen molar-refractivity contribution in [1.29, 1.82) is 0 Å². The van der Waals surface area contributed by atoms with E-state index in [0.29, 0.717) is 13.0 Å². The Bertz CT molecular complexity index is 795. The first-order valence-electron chi connectivity index (χ1n) is 6.30. The van der Waals surface area contributed by atoms with Crippen LogP contribution in [0, 0.1) is 0 Å². The molecule has 0 N–H and O–H groups in total. The zero-order valence-corrected chi connectivity index (χ0v) is 12.6. The van der Waals surface area contributed by atoms with Crippen molar-refractivity contribution in [2.75, 3.05) is 7.11 Å². The summed E-state index contributed by atoms with van der Waals surface area (Å²) in [7, 11) is 1.41. The Morgan fingerprint density at radius 3 is 2.90 bits per heavy atom. The summed E-state index contributed by atoms with van der Waals surface area (Å²) in [5.74, 6) is -0.212. The van der Waals surface area contributed by atoms with E-state index in [1.807, 2.05) is 18.2 Å². The molecule has 2 heterocycles. The van der Waals surface area contributed by atoms with Crippen molar-refractivity contribution >= 4 is 43.7 Å². The van der Waals surface area contributed by atoms with Gasteiger partial charge in [-0.3, -0.25) is 4.79 Å². The summed E-state index contributed by atoms with van der Waals surface area (Å²) in [6, 6.07) is 10.1. The lowest BCUT2D eigenvalue weighted by Gasteiger charge is -2.07. The first-order valence-corrected chi connectivity index (χ1v) is 7.10. The molecule has 0 saturated carbocycles. The minimum atomic E-state index is -0.212. The predicted molar refractivity (Wildman–Crippen MR) is 81.6 cm³/mol. The number of halogens is 1. The molecule has 0 spiro atoms. The predicted octanol–water partition coefficient (Wildman–Crippen LogP) is 3.52. The Hall–Kier alpha value is -1.88. The third kappa shape index (κ3) is 2.08. The maximum absolute atomic E-state index is 11.4. The van der Waals surface area contributed by atoms with Crippen LogP contribution in [0.1, 0.15) is 6.42 Å². The van der Waals surface area contributed by atoms with E-state index in [0.717, 1.165) is 26.4 Å². The lowest BCUT2D eigenvalue weighted by atomic mass is 10.2. The van der Waals surface area contributed by atoms with Gasteiger partial charge < -0.3 is 9.30 Å². The van der Waals surface area contributed by atoms with Gasteiger partial charge in [-0.15, -0.1) is 0 Å². The van der Waals surface area contributed by atoms with Gasteiger partial charge >= 0.3 is 5.97 Å². The Balaban J connectivity index is 2.23. The highest BCUT2D eigenvalue weighted by atomic mass is 79.9. The number of pyridine rings is 1. The molecule has 0 aliphatic carbocycles. The van der Waals surface area contributed by atoms with E-state index < -0.39 is 0 Å². The number of hydrogen-bond donors (Lipinski definition) is 0. The van der Waals surface area contributed by atoms with Crippen LogP contribution < -0.4 is 0 Å². The van der Waals surface area contributed by atoms with Crippen LogP contribution in [0.3, 0.4) is 0 Å². The van der Waals surface area contributed by atoms with Crippen LogP contribution in [0.4, 0.5) is 0 Å². The van der Waals surface area contributed by atoms with Crippen LogP contribution in [0.2, 0.25) is 0 Å². The molecule has 0 fully saturated rings. The van der Waals surface area contributed by atoms with Gasteiger partial charge in [-0.25, -0.2) is 4.98 Å². The zero-order chi connectivity index (χ0) is 14.1. The topological polar surface area (TPSA) is 44.1 Å². The Morgan fingerprint density at radius 1 is 1.30 bits per heavy atom. The number of rotatable bonds is 3. The summed E-state index contributed by atoms with van der Waals surface area (Å²) in [6.07, 6.45) is 2.12. The Morgan fingerprint density at radius 2 is 2.10 bits per heavy atom. The van der Waals surface area contributed by atoms with Crippen LogP contribution in [-0.2, 0) is 16.1 Å². The molecule has 20 heavy (non-hydrogen) atoms. The Kier molecular flexibility index (Phi) is 3.44. The molecule has 0 atom stereocenters. The van der Waals surface area contributed by atoms with Gasteiger partial charge in [0.2, 0.25) is 0 Å². The normalized spacial score (nSPS) is 11.1. The number of esters is 1. The first-order chi connectivity index (χ1) is 9.72. The summed E-state index contributed by atoms with van der Waals surface area (Å²) < 4.78 is 7.62. The number of nitrogens with zero attached hydrogens (tertiary/aromatic N) is 2. The molecular weight excluding hydrogens is 320 g/mol. The van der Waals surface area contributed by atoms with Crippen LogP contribution in [0.15, 0.2) is 41.1 Å². The molecule has 4 nitrogen and oxygen atoms in total. The molecule has 0 bridgehead atoms. The molecule has 2 aromatic heterocycles. The number of carbonyl (C=O) groups excluding carboxylic acids is 1. The van der Waals surface area contributed by atoms with Gasteiger partial charge in [0.1, 0.15) is 4.60 Å². The lowest BCUT2D eigenvalue weighted by molar-refractivity contribution is -0.140. The van der Waals surface area contributed by atoms with E-state index in [1.165, 1.54) is 7.11 Å². The van der Waals surface area contributed by atoms with Crippen molar-refractivity contribution in [1.82, 2.24) is 9.55 Å². The highest BCUT2D eigenvalue weighted by Crippen LogP contribution is 2.32. The first kappa shape index (κ1) is 13.1. The van der Waals surface area contributed by atoms with E-state index in [-0.39, 0.29) is 5.97 Å². The SMILES string of the molecule is COC(=O)CCn1c2ccccc2c2ccnc(Br)c21. The summed E-state index contributed by atoms with van der Waals surface area (Å²) in [5, 5.41) is 2.29. The fourth-order valence-corrected chi connectivity index (χ4v) is 3.04. The molecule has 0 radical (unpaired) electrons. The van der Waals surface area contributed by atoms with Crippen LogP contribution in [0.5, 0.6) is 0 Å². The molecule has 1 aromatic carbocycles. The van der Waals surface area contributed by atoms with E-state index >= 15 is 0 Å². The number of carbonyl (C=O) groups is 1. The quantitative estimate of drug-likeness (QED) is 0.544. The van der Waals surface area contributed by atoms with Gasteiger partial charge in [0.25, 0.3) is 0 Å². The second kappa shape index (κ2) is 5.25. The number of aromatic nitrogens is 2. The lowest BCUT2D eigenvalue weighted by Crippen LogP contribution is -2.07. The molecule has 5 heteroatoms. The average molecular weight is 333 g/mol. The summed E-state index contributed by atoms with van der Waals surface area (Å²) in [5.41, 5.74) is 2.11. The Labute approximate surface area is 124 Å². The number of hydrogen-bond acceptors (Lipinski definition) is 3. The van der Waals surface area contributed by atoms with Crippen molar-refractivity contribution < 1.29 is 9.53 Å². The minimum absolute atomic E-state index is 0.212. The monoisotopic (exact) mass is 332 g/mol. The second-order valence-electron chi connectivity index (χ2n) is 4.49. The largest absolute Gasteiger partial charge is 0.469 e. The molecule has 0 aliphatic heterocycles. The highest BCUT2D eigenvalue weighted by Gasteiger charge is 2.14. The molecule has 3 rings (SSSR count). The zero-order valence-electron chi connectivity index (χ0n) is 11.0. The third-order valence-corrected chi connectivity index (χ3v) is 3.98. The molecule has 3 aromatic rings. The van der Waals surface area contributed by atoms with E-state index in [1.54, 1.807) is 6.20 Å². The van der Waals surface area contributed by atoms with Crippen molar-refractivity contribution in [3.05, 3.63) is 41.1 Å². The van der Waals surface area contributed by atoms with Crippen LogP contribution >= 0.6 is 15.9 Å². The van der Waals surface area contributed by atoms with Gasteiger partial charge in [-0.05, 0) is 28.1 Å². The van der Waals surface area contributed by atoms with Crippen molar-refractivity contribution in [2.24, 2.45) is 0 Å². The van der Waals surface area contributed by atoms with Crippen molar-refractivity contribution in [2.45, 2.75) is 13.0 Å². The smallest absolute Gasteiger partial charge is 0.307 e. The van der Waals surface area contributed by atoms with Crippen LogP contribution in [-0.4, -0.2) is 22.6 Å². The third-order valence-electron chi connectivity index (χ3n) is 3.40. The second-order valence-corrected chi connectivity index (χ2v) is 5.24. The van der Waals surface area contributed by atoms with Gasteiger partial charge in [-0.2, -0.15) is 0 Å². The standard InChI is InChI=1S/C15H13BrN2O2/c1-20-13(19)7-9-18-12-5-3-2-4-10(12)11-6-8-17-15(16)14(11)18/h2-6,8H,7,9H2,1H3. The number of ether oxygens (including phenoxy) is 1. The molecule has 0 amide bonds. The number of methoxy groups -OCH3 is 1. The fraction of sp³-hybridized carbons (Fsp3) is 0.200. The molecule has 0 unspecified atom stereocenters. The molecule has 0 saturated heterocycles. The number of fused-ring (bicyclic) bond motifs is 3. The fourth-order valence-electron chi connectivity index (χ4n) is 2.50. The van der Waals surface area contributed by atoms with E-state index in [4.69, 9.17) is 4.74 Å². The average Bonchev–Trinajstić information content (AvgIpc) is 2.80. The van der Waals surface area contributed by atoms with Gasteiger partial charge in [0.15, 0.2) is 0 Å². The van der Waals surface area contributed by atoms with Crippen molar-refractivity contribution in [3.8, 4) is 0 Å². The van der Waals surface area contributed by atoms with Crippen LogP contribution in [0.25, 0.3) is 21.8 Å². The number of benzene rings is 1. The summed E-state index contributed by atoms with van der Waals surface area (Å²) in [6.45, 7) is 0.570. The molecule has 102 valence electrons. The molecule has 0 aliphatic rings. The van der Waals surface area contributed by atoms with Gasteiger partial charge in [-0.1, -0.05) is 18.2 Å². The van der Waals surface area contributed by atoms with E-state index in [2.05, 4.69) is 37.6 Å². The maximum atomic E-state index is 11.4. The van der Waals surface area contributed by atoms with E-state index in [9.17, 15) is 4.79 Å². The van der Waals surface area contributed by atoms with Crippen molar-refractivity contribution in [3.63, 3.8) is 0 Å². The minimum Gasteiger partial charge on any atom is -0.469 e. The summed E-state index contributed by atoms with van der Waals surface area (Å²) in [4.78, 5) is 15.7. The van der Waals surface area contributed by atoms with Gasteiger partial charge in [0.05, 0.1) is 19.0 Å². The maximum Gasteiger partial charge on any atom is 0.307 e. The number of aryl methyl sites for hydroxylation is 1.